The molecule has 0 spiro atoms. The molecule has 2 N–H and O–H groups in total. The number of carboxylic acids is 1. The summed E-state index contributed by atoms with van der Waals surface area (Å²) in [5, 5.41) is 11.5. The van der Waals surface area contributed by atoms with Crippen LogP contribution in [0.1, 0.15) is 30.4 Å². The summed E-state index contributed by atoms with van der Waals surface area (Å²) in [6.07, 6.45) is 1.17. The van der Waals surface area contributed by atoms with Crippen LogP contribution in [0.15, 0.2) is 18.2 Å². The van der Waals surface area contributed by atoms with E-state index in [0.717, 1.165) is 16.9 Å². The highest BCUT2D eigenvalue weighted by Crippen LogP contribution is 2.35. The Morgan fingerprint density at radius 3 is 2.65 bits per heavy atom. The number of carbonyl (C=O) groups is 2. The third-order valence-corrected chi connectivity index (χ3v) is 3.47. The SMILES string of the molecule is Cc1ccc(C)c(OCCC(=O)NC2(C(=O)O)CC2)c1. The van der Waals surface area contributed by atoms with E-state index in [0.29, 0.717) is 12.8 Å². The number of ether oxygens (including phenoxy) is 1. The first-order valence-electron chi connectivity index (χ1n) is 6.67. The lowest BCUT2D eigenvalue weighted by Gasteiger charge is -2.13. The number of amides is 1. The van der Waals surface area contributed by atoms with E-state index in [1.807, 2.05) is 32.0 Å². The van der Waals surface area contributed by atoms with Gasteiger partial charge in [-0.3, -0.25) is 4.79 Å². The van der Waals surface area contributed by atoms with Crippen LogP contribution in [0.3, 0.4) is 0 Å². The van der Waals surface area contributed by atoms with Crippen molar-refractivity contribution >= 4 is 11.9 Å². The van der Waals surface area contributed by atoms with Gasteiger partial charge in [0.25, 0.3) is 0 Å². The molecule has 0 aromatic heterocycles. The first-order chi connectivity index (χ1) is 9.43. The summed E-state index contributed by atoms with van der Waals surface area (Å²) in [4.78, 5) is 22.6. The smallest absolute Gasteiger partial charge is 0.329 e. The second-order valence-corrected chi connectivity index (χ2v) is 5.30. The quantitative estimate of drug-likeness (QED) is 0.831. The number of carboxylic acid groups (broad SMARTS) is 1. The summed E-state index contributed by atoms with van der Waals surface area (Å²) < 4.78 is 5.58. The maximum absolute atomic E-state index is 11.7. The third kappa shape index (κ3) is 3.29. The molecule has 1 saturated carbocycles. The monoisotopic (exact) mass is 277 g/mol. The fourth-order valence-corrected chi connectivity index (χ4v) is 1.96. The highest BCUT2D eigenvalue weighted by molar-refractivity contribution is 5.89. The third-order valence-electron chi connectivity index (χ3n) is 3.47. The largest absolute Gasteiger partial charge is 0.493 e. The molecule has 1 amide bonds. The van der Waals surface area contributed by atoms with E-state index in [9.17, 15) is 9.59 Å². The van der Waals surface area contributed by atoms with Crippen molar-refractivity contribution in [3.8, 4) is 5.75 Å². The topological polar surface area (TPSA) is 75.6 Å². The molecule has 1 aromatic rings. The zero-order valence-corrected chi connectivity index (χ0v) is 11.7. The second-order valence-electron chi connectivity index (χ2n) is 5.30. The predicted octanol–water partition coefficient (Wildman–Crippen LogP) is 1.81. The van der Waals surface area contributed by atoms with Gasteiger partial charge in [-0.05, 0) is 43.9 Å². The molecule has 1 aromatic carbocycles. The van der Waals surface area contributed by atoms with Crippen molar-refractivity contribution < 1.29 is 19.4 Å². The molecule has 0 saturated heterocycles. The van der Waals surface area contributed by atoms with E-state index in [2.05, 4.69) is 5.32 Å². The van der Waals surface area contributed by atoms with Crippen LogP contribution < -0.4 is 10.1 Å². The van der Waals surface area contributed by atoms with Gasteiger partial charge in [0.1, 0.15) is 11.3 Å². The molecule has 1 fully saturated rings. The van der Waals surface area contributed by atoms with Gasteiger partial charge in [0.05, 0.1) is 13.0 Å². The molecule has 20 heavy (non-hydrogen) atoms. The average molecular weight is 277 g/mol. The average Bonchev–Trinajstić information content (AvgIpc) is 3.14. The van der Waals surface area contributed by atoms with Gasteiger partial charge in [-0.2, -0.15) is 0 Å². The summed E-state index contributed by atoms with van der Waals surface area (Å²) in [5.74, 6) is -0.478. The lowest BCUT2D eigenvalue weighted by atomic mass is 10.1. The van der Waals surface area contributed by atoms with Gasteiger partial charge in [-0.25, -0.2) is 4.79 Å². The molecule has 0 unspecified atom stereocenters. The molecule has 108 valence electrons. The van der Waals surface area contributed by atoms with Crippen molar-refractivity contribution in [1.29, 1.82) is 0 Å². The van der Waals surface area contributed by atoms with Crippen molar-refractivity contribution in [1.82, 2.24) is 5.32 Å². The van der Waals surface area contributed by atoms with Crippen molar-refractivity contribution in [3.63, 3.8) is 0 Å². The van der Waals surface area contributed by atoms with Gasteiger partial charge >= 0.3 is 5.97 Å². The highest BCUT2D eigenvalue weighted by atomic mass is 16.5. The number of hydrogen-bond acceptors (Lipinski definition) is 3. The second kappa shape index (κ2) is 5.53. The summed E-state index contributed by atoms with van der Waals surface area (Å²) in [6, 6.07) is 5.89. The molecule has 0 atom stereocenters. The lowest BCUT2D eigenvalue weighted by molar-refractivity contribution is -0.143. The van der Waals surface area contributed by atoms with Crippen LogP contribution in [0.25, 0.3) is 0 Å². The first kappa shape index (κ1) is 14.4. The molecule has 1 aliphatic carbocycles. The van der Waals surface area contributed by atoms with Crippen molar-refractivity contribution in [2.24, 2.45) is 0 Å². The molecule has 5 heteroatoms. The standard InChI is InChI=1S/C15H19NO4/c1-10-3-4-11(2)12(9-10)20-8-5-13(17)16-15(6-7-15)14(18)19/h3-4,9H,5-8H2,1-2H3,(H,16,17)(H,18,19). The molecule has 0 aliphatic heterocycles. The Balaban J connectivity index is 1.80. The number of aryl methyl sites for hydroxylation is 2. The number of carbonyl (C=O) groups excluding carboxylic acids is 1. The van der Waals surface area contributed by atoms with Gasteiger partial charge in [0.15, 0.2) is 0 Å². The van der Waals surface area contributed by atoms with Gasteiger partial charge in [0, 0.05) is 0 Å². The Hall–Kier alpha value is -2.04. The lowest BCUT2D eigenvalue weighted by Crippen LogP contribution is -2.43. The first-order valence-corrected chi connectivity index (χ1v) is 6.67. The van der Waals surface area contributed by atoms with E-state index in [1.165, 1.54) is 0 Å². The van der Waals surface area contributed by atoms with Crippen molar-refractivity contribution in [3.05, 3.63) is 29.3 Å². The van der Waals surface area contributed by atoms with Crippen LogP contribution in [0, 0.1) is 13.8 Å². The fraction of sp³-hybridized carbons (Fsp3) is 0.467. The van der Waals surface area contributed by atoms with Crippen LogP contribution in [0.2, 0.25) is 0 Å². The number of aliphatic carboxylic acids is 1. The molecule has 1 aliphatic rings. The zero-order valence-electron chi connectivity index (χ0n) is 11.7. The predicted molar refractivity (Wildman–Crippen MR) is 73.8 cm³/mol. The maximum Gasteiger partial charge on any atom is 0.329 e. The Morgan fingerprint density at radius 1 is 1.35 bits per heavy atom. The minimum atomic E-state index is -1.02. The Kier molecular flexibility index (Phi) is 3.97. The normalized spacial score (nSPS) is 15.5. The maximum atomic E-state index is 11.7. The molecule has 0 heterocycles. The highest BCUT2D eigenvalue weighted by Gasteiger charge is 2.51. The van der Waals surface area contributed by atoms with Gasteiger partial charge in [-0.1, -0.05) is 12.1 Å². The van der Waals surface area contributed by atoms with Gasteiger partial charge in [0.2, 0.25) is 5.91 Å². The molecule has 0 radical (unpaired) electrons. The molecule has 2 rings (SSSR count). The summed E-state index contributed by atoms with van der Waals surface area (Å²) >= 11 is 0. The Bertz CT molecular complexity index is 535. The zero-order chi connectivity index (χ0) is 14.8. The molecular formula is C15H19NO4. The number of rotatable bonds is 6. The van der Waals surface area contributed by atoms with Crippen LogP contribution in [0.4, 0.5) is 0 Å². The van der Waals surface area contributed by atoms with E-state index >= 15 is 0 Å². The van der Waals surface area contributed by atoms with Crippen LogP contribution >= 0.6 is 0 Å². The van der Waals surface area contributed by atoms with E-state index in [4.69, 9.17) is 9.84 Å². The summed E-state index contributed by atoms with van der Waals surface area (Å²) in [6.45, 7) is 4.16. The van der Waals surface area contributed by atoms with E-state index in [1.54, 1.807) is 0 Å². The fourth-order valence-electron chi connectivity index (χ4n) is 1.96. The van der Waals surface area contributed by atoms with Gasteiger partial charge in [-0.15, -0.1) is 0 Å². The summed E-state index contributed by atoms with van der Waals surface area (Å²) in [5.41, 5.74) is 1.09. The number of benzene rings is 1. The van der Waals surface area contributed by atoms with Crippen LogP contribution in [-0.4, -0.2) is 29.1 Å². The van der Waals surface area contributed by atoms with Crippen molar-refractivity contribution in [2.75, 3.05) is 6.61 Å². The molecule has 0 bridgehead atoms. The minimum absolute atomic E-state index is 0.155. The van der Waals surface area contributed by atoms with Crippen LogP contribution in [-0.2, 0) is 9.59 Å². The minimum Gasteiger partial charge on any atom is -0.493 e. The van der Waals surface area contributed by atoms with E-state index in [-0.39, 0.29) is 18.9 Å². The molecule has 5 nitrogen and oxygen atoms in total. The van der Waals surface area contributed by atoms with Crippen molar-refractivity contribution in [2.45, 2.75) is 38.6 Å². The summed E-state index contributed by atoms with van der Waals surface area (Å²) in [7, 11) is 0. The molecular weight excluding hydrogens is 258 g/mol. The number of nitrogens with one attached hydrogen (secondary N) is 1. The Labute approximate surface area is 117 Å². The Morgan fingerprint density at radius 2 is 2.05 bits per heavy atom. The van der Waals surface area contributed by atoms with E-state index < -0.39 is 11.5 Å². The van der Waals surface area contributed by atoms with Crippen LogP contribution in [0.5, 0.6) is 5.75 Å². The van der Waals surface area contributed by atoms with Gasteiger partial charge < -0.3 is 15.2 Å². The number of hydrogen-bond donors (Lipinski definition) is 2.